The van der Waals surface area contributed by atoms with Crippen LogP contribution < -0.4 is 10.9 Å². The van der Waals surface area contributed by atoms with Gasteiger partial charge in [0, 0.05) is 24.8 Å². The molecule has 1 amide bonds. The van der Waals surface area contributed by atoms with Gasteiger partial charge in [-0.15, -0.1) is 11.8 Å². The molecule has 3 rings (SSSR count). The minimum absolute atomic E-state index is 0.00460. The molecule has 7 nitrogen and oxygen atoms in total. The summed E-state index contributed by atoms with van der Waals surface area (Å²) in [6.45, 7) is 4.19. The van der Waals surface area contributed by atoms with Crippen molar-refractivity contribution in [2.45, 2.75) is 36.9 Å². The molecule has 0 bridgehead atoms. The lowest BCUT2D eigenvalue weighted by atomic mass is 10.3. The summed E-state index contributed by atoms with van der Waals surface area (Å²) < 4.78 is 6.52. The minimum atomic E-state index is -0.213. The molecule has 0 saturated heterocycles. The third-order valence-electron chi connectivity index (χ3n) is 3.29. The lowest BCUT2D eigenvalue weighted by Crippen LogP contribution is -2.25. The van der Waals surface area contributed by atoms with Crippen molar-refractivity contribution >= 4 is 35.2 Å². The molecule has 0 aliphatic carbocycles. The number of thioether (sulfide) groups is 2. The molecule has 0 atom stereocenters. The lowest BCUT2D eigenvalue weighted by molar-refractivity contribution is -0.113. The van der Waals surface area contributed by atoms with Crippen molar-refractivity contribution in [1.82, 2.24) is 14.7 Å². The summed E-state index contributed by atoms with van der Waals surface area (Å²) in [6.07, 6.45) is 0.803. The molecule has 2 aromatic heterocycles. The molecule has 3 heterocycles. The summed E-state index contributed by atoms with van der Waals surface area (Å²) in [6, 6.07) is 1.65. The highest BCUT2D eigenvalue weighted by molar-refractivity contribution is 8.00. The van der Waals surface area contributed by atoms with Crippen LogP contribution in [0.25, 0.3) is 0 Å². The molecule has 0 unspecified atom stereocenters. The summed E-state index contributed by atoms with van der Waals surface area (Å²) in [4.78, 5) is 29.7. The van der Waals surface area contributed by atoms with Crippen molar-refractivity contribution < 1.29 is 9.32 Å². The molecule has 23 heavy (non-hydrogen) atoms. The predicted molar refractivity (Wildman–Crippen MR) is 89.2 cm³/mol. The zero-order chi connectivity index (χ0) is 16.4. The molecule has 9 heteroatoms. The molecular weight excluding hydrogens is 336 g/mol. The van der Waals surface area contributed by atoms with E-state index in [0.717, 1.165) is 22.8 Å². The van der Waals surface area contributed by atoms with Crippen LogP contribution in [0.4, 0.5) is 5.82 Å². The van der Waals surface area contributed by atoms with Crippen molar-refractivity contribution in [3.05, 3.63) is 27.9 Å². The highest BCUT2D eigenvalue weighted by Gasteiger charge is 2.21. The van der Waals surface area contributed by atoms with Gasteiger partial charge in [-0.1, -0.05) is 16.9 Å². The van der Waals surface area contributed by atoms with E-state index in [-0.39, 0.29) is 17.2 Å². The van der Waals surface area contributed by atoms with E-state index in [1.165, 1.54) is 11.8 Å². The van der Waals surface area contributed by atoms with Crippen molar-refractivity contribution in [3.8, 4) is 0 Å². The largest absolute Gasteiger partial charge is 0.360 e. The Morgan fingerprint density at radius 1 is 1.57 bits per heavy atom. The number of fused-ring (bicyclic) bond motifs is 1. The summed E-state index contributed by atoms with van der Waals surface area (Å²) in [5.74, 6) is 1.85. The number of rotatable bonds is 5. The van der Waals surface area contributed by atoms with E-state index in [4.69, 9.17) is 4.52 Å². The van der Waals surface area contributed by atoms with Crippen molar-refractivity contribution in [2.75, 3.05) is 16.8 Å². The van der Waals surface area contributed by atoms with Crippen LogP contribution in [0.2, 0.25) is 0 Å². The van der Waals surface area contributed by atoms with Gasteiger partial charge in [0.2, 0.25) is 5.91 Å². The second-order valence-electron chi connectivity index (χ2n) is 4.98. The summed E-state index contributed by atoms with van der Waals surface area (Å²) >= 11 is 2.82. The van der Waals surface area contributed by atoms with Crippen LogP contribution in [0.3, 0.4) is 0 Å². The van der Waals surface area contributed by atoms with Crippen LogP contribution >= 0.6 is 23.5 Å². The van der Waals surface area contributed by atoms with E-state index < -0.39 is 0 Å². The number of aromatic nitrogens is 3. The van der Waals surface area contributed by atoms with Gasteiger partial charge < -0.3 is 9.84 Å². The number of carbonyl (C=O) groups is 1. The molecule has 0 saturated carbocycles. The van der Waals surface area contributed by atoms with Crippen molar-refractivity contribution in [3.63, 3.8) is 0 Å². The van der Waals surface area contributed by atoms with Gasteiger partial charge in [-0.25, -0.2) is 4.98 Å². The summed E-state index contributed by atoms with van der Waals surface area (Å²) in [5, 5.41) is 6.96. The number of anilines is 1. The fourth-order valence-corrected chi connectivity index (χ4v) is 4.17. The van der Waals surface area contributed by atoms with Crippen LogP contribution in [-0.4, -0.2) is 32.1 Å². The lowest BCUT2D eigenvalue weighted by Gasteiger charge is -2.11. The van der Waals surface area contributed by atoms with Gasteiger partial charge in [-0.2, -0.15) is 0 Å². The Bertz CT molecular complexity index is 800. The second kappa shape index (κ2) is 6.79. The fourth-order valence-electron chi connectivity index (χ4n) is 2.25. The van der Waals surface area contributed by atoms with Crippen LogP contribution in [0.15, 0.2) is 25.4 Å². The van der Waals surface area contributed by atoms with E-state index in [9.17, 15) is 9.59 Å². The Morgan fingerprint density at radius 3 is 3.09 bits per heavy atom. The molecule has 0 fully saturated rings. The average Bonchev–Trinajstić information content (AvgIpc) is 3.14. The molecule has 122 valence electrons. The normalized spacial score (nSPS) is 13.1. The number of amides is 1. The van der Waals surface area contributed by atoms with Gasteiger partial charge in [0.15, 0.2) is 11.0 Å². The first-order valence-electron chi connectivity index (χ1n) is 7.21. The van der Waals surface area contributed by atoms with Crippen LogP contribution in [0.1, 0.15) is 18.4 Å². The highest BCUT2D eigenvalue weighted by atomic mass is 32.2. The molecule has 1 aliphatic heterocycles. The predicted octanol–water partition coefficient (Wildman–Crippen LogP) is 1.94. The number of carbonyl (C=O) groups excluding carboxylic acids is 1. The number of hydrogen-bond acceptors (Lipinski definition) is 7. The van der Waals surface area contributed by atoms with Crippen molar-refractivity contribution in [1.29, 1.82) is 0 Å². The third kappa shape index (κ3) is 3.45. The maximum Gasteiger partial charge on any atom is 0.268 e. The smallest absolute Gasteiger partial charge is 0.268 e. The number of aryl methyl sites for hydroxylation is 2. The highest BCUT2D eigenvalue weighted by Crippen LogP contribution is 2.28. The van der Waals surface area contributed by atoms with Crippen LogP contribution in [0, 0.1) is 6.92 Å². The number of hydrogen-bond donors (Lipinski definition) is 1. The third-order valence-corrected chi connectivity index (χ3v) is 5.38. The molecule has 0 aromatic carbocycles. The van der Waals surface area contributed by atoms with E-state index in [2.05, 4.69) is 15.5 Å². The van der Waals surface area contributed by atoms with Crippen LogP contribution in [-0.2, 0) is 17.8 Å². The van der Waals surface area contributed by atoms with Gasteiger partial charge in [-0.3, -0.25) is 14.2 Å². The molecule has 1 aliphatic rings. The van der Waals surface area contributed by atoms with E-state index in [1.54, 1.807) is 29.3 Å². The first kappa shape index (κ1) is 16.1. The van der Waals surface area contributed by atoms with E-state index >= 15 is 0 Å². The molecule has 1 N–H and O–H groups in total. The van der Waals surface area contributed by atoms with Crippen molar-refractivity contribution in [2.24, 2.45) is 0 Å². The number of nitrogens with one attached hydrogen (secondary N) is 1. The Kier molecular flexibility index (Phi) is 4.76. The quantitative estimate of drug-likeness (QED) is 0.649. The monoisotopic (exact) mass is 352 g/mol. The zero-order valence-corrected chi connectivity index (χ0v) is 14.4. The Morgan fingerprint density at radius 2 is 2.39 bits per heavy atom. The fraction of sp³-hybridized carbons (Fsp3) is 0.429. The van der Waals surface area contributed by atoms with Gasteiger partial charge >= 0.3 is 0 Å². The number of nitrogens with zero attached hydrogens (tertiary/aromatic N) is 3. The standard InChI is InChI=1S/C14H16N4O3S2/c1-3-18-13(20)12-9(4-5-22-12)15-14(18)23-7-11(19)16-10-6-8(2)21-17-10/h6H,3-5,7H2,1-2H3,(H,16,17,19). The van der Waals surface area contributed by atoms with Gasteiger partial charge in [0.05, 0.1) is 16.3 Å². The molecule has 0 spiro atoms. The maximum atomic E-state index is 12.4. The Labute approximate surface area is 141 Å². The second-order valence-corrected chi connectivity index (χ2v) is 7.03. The summed E-state index contributed by atoms with van der Waals surface area (Å²) in [5.41, 5.74) is 0.842. The van der Waals surface area contributed by atoms with Crippen LogP contribution in [0.5, 0.6) is 0 Å². The van der Waals surface area contributed by atoms with E-state index in [1.807, 2.05) is 6.92 Å². The Hall–Kier alpha value is -1.74. The summed E-state index contributed by atoms with van der Waals surface area (Å²) in [7, 11) is 0. The first-order valence-corrected chi connectivity index (χ1v) is 9.18. The average molecular weight is 352 g/mol. The minimum Gasteiger partial charge on any atom is -0.360 e. The molecule has 2 aromatic rings. The first-order chi connectivity index (χ1) is 11.1. The Balaban J connectivity index is 1.71. The molecule has 0 radical (unpaired) electrons. The molecular formula is C14H16N4O3S2. The topological polar surface area (TPSA) is 90.0 Å². The van der Waals surface area contributed by atoms with Gasteiger partial charge in [-0.05, 0) is 13.8 Å². The van der Waals surface area contributed by atoms with E-state index in [0.29, 0.717) is 23.3 Å². The van der Waals surface area contributed by atoms with Gasteiger partial charge in [0.1, 0.15) is 5.76 Å². The zero-order valence-electron chi connectivity index (χ0n) is 12.8. The SMILES string of the molecule is CCn1c(SCC(=O)Nc2cc(C)on2)nc2c(c1=O)SCC2. The maximum absolute atomic E-state index is 12.4. The van der Waals surface area contributed by atoms with Gasteiger partial charge in [0.25, 0.3) is 5.56 Å².